The van der Waals surface area contributed by atoms with Crippen LogP contribution in [0.25, 0.3) is 0 Å². The molecule has 0 saturated carbocycles. The van der Waals surface area contributed by atoms with Crippen LogP contribution in [0.3, 0.4) is 0 Å². The molecule has 0 bridgehead atoms. The third-order valence-corrected chi connectivity index (χ3v) is 5.68. The van der Waals surface area contributed by atoms with Crippen molar-refractivity contribution in [3.63, 3.8) is 0 Å². The minimum Gasteiger partial charge on any atom is -0.495 e. The molecular weight excluding hydrogens is 386 g/mol. The zero-order valence-corrected chi connectivity index (χ0v) is 17.7. The van der Waals surface area contributed by atoms with Crippen molar-refractivity contribution < 1.29 is 19.1 Å². The van der Waals surface area contributed by atoms with Gasteiger partial charge in [-0.2, -0.15) is 0 Å². The normalized spacial score (nSPS) is 20.5. The Hall–Kier alpha value is -2.65. The lowest BCUT2D eigenvalue weighted by molar-refractivity contribution is -0.145. The highest BCUT2D eigenvalue weighted by Gasteiger charge is 2.35. The van der Waals surface area contributed by atoms with Gasteiger partial charge in [-0.3, -0.25) is 19.3 Å². The molecule has 30 heavy (non-hydrogen) atoms. The number of carbonyl (C=O) groups excluding carboxylic acids is 3. The van der Waals surface area contributed by atoms with E-state index in [-0.39, 0.29) is 30.7 Å². The fourth-order valence-electron chi connectivity index (χ4n) is 3.89. The first kappa shape index (κ1) is 22.0. The van der Waals surface area contributed by atoms with Crippen molar-refractivity contribution in [3.05, 3.63) is 24.3 Å². The van der Waals surface area contributed by atoms with Gasteiger partial charge in [0.1, 0.15) is 11.8 Å². The van der Waals surface area contributed by atoms with Crippen molar-refractivity contribution in [3.8, 4) is 5.75 Å². The molecule has 0 spiro atoms. The maximum Gasteiger partial charge on any atom is 0.243 e. The Morgan fingerprint density at radius 1 is 1.13 bits per heavy atom. The second-order valence-electron chi connectivity index (χ2n) is 7.56. The second kappa shape index (κ2) is 10.4. The number of hydrogen-bond donors (Lipinski definition) is 2. The topological polar surface area (TPSA) is 94.2 Å². The van der Waals surface area contributed by atoms with Crippen LogP contribution in [0.15, 0.2) is 24.3 Å². The molecule has 2 saturated heterocycles. The standard InChI is InChI=1S/C21H31N5O4/c1-3-24-10-12-25(13-11-24)15-20(28)26-9-8-22-21(29)17(26)14-19(27)23-16-6-4-5-7-18(16)30-2/h4-7,17H,3,8-15H2,1-2H3,(H,22,29)(H,23,27)/t17-/m1/s1. The Kier molecular flexibility index (Phi) is 7.64. The van der Waals surface area contributed by atoms with E-state index in [1.165, 1.54) is 7.11 Å². The van der Waals surface area contributed by atoms with Crippen molar-refractivity contribution in [2.75, 3.05) is 64.8 Å². The van der Waals surface area contributed by atoms with Crippen LogP contribution in [0, 0.1) is 0 Å². The monoisotopic (exact) mass is 417 g/mol. The van der Waals surface area contributed by atoms with Gasteiger partial charge in [0.2, 0.25) is 17.7 Å². The lowest BCUT2D eigenvalue weighted by Crippen LogP contribution is -2.60. The third kappa shape index (κ3) is 5.48. The fourth-order valence-corrected chi connectivity index (χ4v) is 3.89. The predicted molar refractivity (Wildman–Crippen MR) is 113 cm³/mol. The average molecular weight is 418 g/mol. The molecule has 1 aromatic rings. The molecule has 0 radical (unpaired) electrons. The van der Waals surface area contributed by atoms with E-state index in [1.807, 2.05) is 6.07 Å². The summed E-state index contributed by atoms with van der Waals surface area (Å²) >= 11 is 0. The highest BCUT2D eigenvalue weighted by molar-refractivity contribution is 5.98. The molecule has 0 unspecified atom stereocenters. The van der Waals surface area contributed by atoms with Crippen molar-refractivity contribution in [2.45, 2.75) is 19.4 Å². The number of benzene rings is 1. The molecule has 164 valence electrons. The van der Waals surface area contributed by atoms with Crippen LogP contribution in [-0.4, -0.2) is 97.9 Å². The van der Waals surface area contributed by atoms with E-state index in [0.29, 0.717) is 24.5 Å². The number of anilines is 1. The molecule has 0 aromatic heterocycles. The molecule has 3 rings (SSSR count). The summed E-state index contributed by atoms with van der Waals surface area (Å²) in [5, 5.41) is 5.55. The Bertz CT molecular complexity index is 764. The average Bonchev–Trinajstić information content (AvgIpc) is 2.76. The number of para-hydroxylation sites is 2. The first-order chi connectivity index (χ1) is 14.5. The van der Waals surface area contributed by atoms with Gasteiger partial charge in [0.15, 0.2) is 0 Å². The third-order valence-electron chi connectivity index (χ3n) is 5.68. The number of ether oxygens (including phenoxy) is 1. The van der Waals surface area contributed by atoms with Gasteiger partial charge >= 0.3 is 0 Å². The van der Waals surface area contributed by atoms with Gasteiger partial charge in [0, 0.05) is 39.3 Å². The highest BCUT2D eigenvalue weighted by atomic mass is 16.5. The Morgan fingerprint density at radius 2 is 1.83 bits per heavy atom. The molecule has 2 aliphatic rings. The Morgan fingerprint density at radius 3 is 2.53 bits per heavy atom. The number of rotatable bonds is 7. The quantitative estimate of drug-likeness (QED) is 0.648. The summed E-state index contributed by atoms with van der Waals surface area (Å²) in [5.74, 6) is -0.195. The van der Waals surface area contributed by atoms with Gasteiger partial charge < -0.3 is 25.2 Å². The van der Waals surface area contributed by atoms with E-state index in [9.17, 15) is 14.4 Å². The van der Waals surface area contributed by atoms with Gasteiger partial charge in [-0.1, -0.05) is 19.1 Å². The van der Waals surface area contributed by atoms with E-state index in [2.05, 4.69) is 27.4 Å². The highest BCUT2D eigenvalue weighted by Crippen LogP contribution is 2.23. The molecule has 1 aromatic carbocycles. The van der Waals surface area contributed by atoms with Crippen LogP contribution in [0.2, 0.25) is 0 Å². The minimum absolute atomic E-state index is 0.0980. The molecule has 0 aliphatic carbocycles. The molecule has 2 fully saturated rings. The van der Waals surface area contributed by atoms with Crippen molar-refractivity contribution in [2.24, 2.45) is 0 Å². The van der Waals surface area contributed by atoms with Gasteiger partial charge in [-0.05, 0) is 18.7 Å². The Labute approximate surface area is 177 Å². The first-order valence-electron chi connectivity index (χ1n) is 10.5. The van der Waals surface area contributed by atoms with Gasteiger partial charge in [0.05, 0.1) is 25.8 Å². The summed E-state index contributed by atoms with van der Waals surface area (Å²) in [4.78, 5) is 44.1. The van der Waals surface area contributed by atoms with E-state index in [0.717, 1.165) is 32.7 Å². The lowest BCUT2D eigenvalue weighted by Gasteiger charge is -2.38. The number of methoxy groups -OCH3 is 1. The molecule has 2 heterocycles. The van der Waals surface area contributed by atoms with E-state index in [4.69, 9.17) is 4.74 Å². The lowest BCUT2D eigenvalue weighted by atomic mass is 10.1. The number of hydrogen-bond acceptors (Lipinski definition) is 6. The fraction of sp³-hybridized carbons (Fsp3) is 0.571. The zero-order chi connectivity index (χ0) is 21.5. The molecule has 2 N–H and O–H groups in total. The first-order valence-corrected chi connectivity index (χ1v) is 10.5. The van der Waals surface area contributed by atoms with Crippen LogP contribution < -0.4 is 15.4 Å². The number of nitrogens with zero attached hydrogens (tertiary/aromatic N) is 3. The summed E-state index contributed by atoms with van der Waals surface area (Å²) in [7, 11) is 1.53. The summed E-state index contributed by atoms with van der Waals surface area (Å²) in [6, 6.07) is 6.27. The molecule has 3 amide bonds. The van der Waals surface area contributed by atoms with Crippen LogP contribution in [-0.2, 0) is 14.4 Å². The maximum atomic E-state index is 13.0. The predicted octanol–water partition coefficient (Wildman–Crippen LogP) is -0.0117. The largest absolute Gasteiger partial charge is 0.495 e. The molecule has 9 heteroatoms. The van der Waals surface area contributed by atoms with Crippen molar-refractivity contribution >= 4 is 23.4 Å². The minimum atomic E-state index is -0.808. The summed E-state index contributed by atoms with van der Waals surface area (Å²) in [6.45, 7) is 7.77. The van der Waals surface area contributed by atoms with Crippen molar-refractivity contribution in [1.29, 1.82) is 0 Å². The summed E-state index contributed by atoms with van der Waals surface area (Å²) in [5.41, 5.74) is 0.535. The maximum absolute atomic E-state index is 13.0. The molecule has 2 aliphatic heterocycles. The summed E-state index contributed by atoms with van der Waals surface area (Å²) < 4.78 is 5.25. The number of nitrogens with one attached hydrogen (secondary N) is 2. The number of likely N-dealkylation sites (N-methyl/N-ethyl adjacent to an activating group) is 1. The van der Waals surface area contributed by atoms with E-state index >= 15 is 0 Å². The van der Waals surface area contributed by atoms with Crippen LogP contribution in [0.1, 0.15) is 13.3 Å². The zero-order valence-electron chi connectivity index (χ0n) is 17.7. The van der Waals surface area contributed by atoms with Crippen LogP contribution in [0.5, 0.6) is 5.75 Å². The Balaban J connectivity index is 1.60. The van der Waals surface area contributed by atoms with Crippen LogP contribution in [0.4, 0.5) is 5.69 Å². The van der Waals surface area contributed by atoms with Crippen LogP contribution >= 0.6 is 0 Å². The van der Waals surface area contributed by atoms with Gasteiger partial charge in [-0.25, -0.2) is 0 Å². The van der Waals surface area contributed by atoms with E-state index < -0.39 is 6.04 Å². The number of amides is 3. The smallest absolute Gasteiger partial charge is 0.243 e. The van der Waals surface area contributed by atoms with Gasteiger partial charge in [-0.15, -0.1) is 0 Å². The second-order valence-corrected chi connectivity index (χ2v) is 7.56. The van der Waals surface area contributed by atoms with Gasteiger partial charge in [0.25, 0.3) is 0 Å². The van der Waals surface area contributed by atoms with E-state index in [1.54, 1.807) is 23.1 Å². The molecular formula is C21H31N5O4. The number of piperazine rings is 2. The number of carbonyl (C=O) groups is 3. The SMILES string of the molecule is CCN1CCN(CC(=O)N2CCNC(=O)[C@H]2CC(=O)Nc2ccccc2OC)CC1. The summed E-state index contributed by atoms with van der Waals surface area (Å²) in [6.07, 6.45) is -0.0980. The molecule has 1 atom stereocenters. The van der Waals surface area contributed by atoms with Crippen molar-refractivity contribution in [1.82, 2.24) is 20.0 Å². The molecule has 9 nitrogen and oxygen atoms in total.